The molecule has 1 aliphatic carbocycles. The molecule has 2 N–H and O–H groups in total. The minimum absolute atomic E-state index is 0.0643. The summed E-state index contributed by atoms with van der Waals surface area (Å²) in [5.74, 6) is 1.06. The van der Waals surface area contributed by atoms with Crippen molar-refractivity contribution < 1.29 is 23.9 Å². The van der Waals surface area contributed by atoms with Crippen LogP contribution >= 0.6 is 11.6 Å². The molecule has 2 amide bonds. The van der Waals surface area contributed by atoms with Gasteiger partial charge in [-0.05, 0) is 69.6 Å². The third-order valence-corrected chi connectivity index (χ3v) is 7.91. The molecule has 2 rings (SSSR count). The molecule has 7 unspecified atom stereocenters. The van der Waals surface area contributed by atoms with E-state index in [9.17, 15) is 14.4 Å². The standard InChI is InChI=1S/C16H26ClNO3.C14H25NO2/c1-11(2)15(20)18-10-12-7-13(9-16(3,4)8-12)21-14(19)5-6-17;1-7-12-9(4)10(5)13(11(6)17-12)15-14(16)8(2)3/h12-13H,1,5-10H2,2-4H3,(H,18,20);9-13H,2,7H2,1,3-6H3,(H,15,16). The van der Waals surface area contributed by atoms with Crippen LogP contribution in [0.5, 0.6) is 0 Å². The SMILES string of the molecule is C=C(C)C(=O)NC1C(C)OC(CC)C(C)C1C.C=C(C)C(=O)NCC1CC(OC(=O)CCCl)CC(C)(C)C1. The van der Waals surface area contributed by atoms with E-state index in [4.69, 9.17) is 21.1 Å². The number of carbonyl (C=O) groups excluding carboxylic acids is 3. The zero-order valence-electron chi connectivity index (χ0n) is 24.8. The van der Waals surface area contributed by atoms with E-state index in [1.54, 1.807) is 13.8 Å². The third kappa shape index (κ3) is 11.1. The number of carbonyl (C=O) groups is 3. The van der Waals surface area contributed by atoms with Gasteiger partial charge in [-0.15, -0.1) is 11.6 Å². The summed E-state index contributed by atoms with van der Waals surface area (Å²) in [5.41, 5.74) is 1.16. The lowest BCUT2D eigenvalue weighted by Crippen LogP contribution is -2.55. The van der Waals surface area contributed by atoms with Crippen molar-refractivity contribution in [3.05, 3.63) is 24.3 Å². The average Bonchev–Trinajstić information content (AvgIpc) is 2.81. The Bertz CT molecular complexity index is 842. The molecule has 0 radical (unpaired) electrons. The van der Waals surface area contributed by atoms with Crippen molar-refractivity contribution in [3.63, 3.8) is 0 Å². The smallest absolute Gasteiger partial charge is 0.307 e. The molecule has 1 aliphatic heterocycles. The van der Waals surface area contributed by atoms with Gasteiger partial charge in [0.25, 0.3) is 0 Å². The highest BCUT2D eigenvalue weighted by atomic mass is 35.5. The molecule has 2 aliphatic rings. The first-order chi connectivity index (χ1) is 17.6. The molecule has 8 heteroatoms. The second-order valence-electron chi connectivity index (χ2n) is 12.0. The maximum Gasteiger partial charge on any atom is 0.307 e. The molecule has 0 bridgehead atoms. The van der Waals surface area contributed by atoms with Crippen molar-refractivity contribution >= 4 is 29.4 Å². The fraction of sp³-hybridized carbons (Fsp3) is 0.767. The highest BCUT2D eigenvalue weighted by molar-refractivity contribution is 6.18. The van der Waals surface area contributed by atoms with Crippen LogP contribution in [0.15, 0.2) is 24.3 Å². The summed E-state index contributed by atoms with van der Waals surface area (Å²) in [7, 11) is 0. The Morgan fingerprint density at radius 1 is 1.03 bits per heavy atom. The summed E-state index contributed by atoms with van der Waals surface area (Å²) in [5, 5.41) is 5.92. The summed E-state index contributed by atoms with van der Waals surface area (Å²) in [6, 6.07) is 0.0806. The maximum absolute atomic E-state index is 11.7. The monoisotopic (exact) mass is 554 g/mol. The molecule has 0 aromatic rings. The van der Waals surface area contributed by atoms with Gasteiger partial charge in [-0.3, -0.25) is 14.4 Å². The van der Waals surface area contributed by atoms with Crippen LogP contribution in [-0.4, -0.2) is 54.6 Å². The number of halogens is 1. The molecule has 0 aromatic carbocycles. The first-order valence-electron chi connectivity index (χ1n) is 13.9. The number of ether oxygens (including phenoxy) is 2. The topological polar surface area (TPSA) is 93.7 Å². The quantitative estimate of drug-likeness (QED) is 0.221. The van der Waals surface area contributed by atoms with Gasteiger partial charge in [-0.1, -0.05) is 47.8 Å². The van der Waals surface area contributed by atoms with Crippen LogP contribution in [0.25, 0.3) is 0 Å². The average molecular weight is 555 g/mol. The number of nitrogens with one attached hydrogen (secondary N) is 2. The van der Waals surface area contributed by atoms with Gasteiger partial charge in [-0.25, -0.2) is 0 Å². The Hall–Kier alpha value is -1.86. The predicted octanol–water partition coefficient (Wildman–Crippen LogP) is 5.56. The summed E-state index contributed by atoms with van der Waals surface area (Å²) in [4.78, 5) is 34.9. The van der Waals surface area contributed by atoms with E-state index in [1.807, 2.05) is 6.92 Å². The van der Waals surface area contributed by atoms with Crippen LogP contribution in [0.1, 0.15) is 87.5 Å². The second-order valence-corrected chi connectivity index (χ2v) is 12.4. The van der Waals surface area contributed by atoms with E-state index < -0.39 is 0 Å². The number of amides is 2. The van der Waals surface area contributed by atoms with Crippen molar-refractivity contribution in [2.24, 2.45) is 23.2 Å². The lowest BCUT2D eigenvalue weighted by atomic mass is 9.71. The minimum atomic E-state index is -0.238. The van der Waals surface area contributed by atoms with Crippen LogP contribution in [0, 0.1) is 23.2 Å². The number of hydrogen-bond donors (Lipinski definition) is 2. The van der Waals surface area contributed by atoms with Gasteiger partial charge in [0.05, 0.1) is 24.7 Å². The predicted molar refractivity (Wildman–Crippen MR) is 154 cm³/mol. The second kappa shape index (κ2) is 15.7. The Balaban J connectivity index is 0.000000389. The fourth-order valence-electron chi connectivity index (χ4n) is 5.54. The molecule has 7 atom stereocenters. The summed E-state index contributed by atoms with van der Waals surface area (Å²) in [6.45, 7) is 24.2. The normalized spacial score (nSPS) is 30.2. The summed E-state index contributed by atoms with van der Waals surface area (Å²) in [6.07, 6.45) is 4.20. The van der Waals surface area contributed by atoms with Crippen LogP contribution in [0.4, 0.5) is 0 Å². The Morgan fingerprint density at radius 2 is 1.63 bits per heavy atom. The van der Waals surface area contributed by atoms with Gasteiger partial charge >= 0.3 is 5.97 Å². The summed E-state index contributed by atoms with van der Waals surface area (Å²) < 4.78 is 11.5. The molecule has 0 spiro atoms. The first kappa shape index (κ1) is 34.2. The minimum Gasteiger partial charge on any atom is -0.462 e. The van der Waals surface area contributed by atoms with Crippen molar-refractivity contribution in [2.75, 3.05) is 12.4 Å². The van der Waals surface area contributed by atoms with Crippen LogP contribution in [-0.2, 0) is 23.9 Å². The zero-order chi connectivity index (χ0) is 29.2. The van der Waals surface area contributed by atoms with Crippen LogP contribution in [0.3, 0.4) is 0 Å². The van der Waals surface area contributed by atoms with Gasteiger partial charge in [-0.2, -0.15) is 0 Å². The number of hydrogen-bond acceptors (Lipinski definition) is 5. The van der Waals surface area contributed by atoms with E-state index >= 15 is 0 Å². The van der Waals surface area contributed by atoms with E-state index in [1.165, 1.54) is 0 Å². The van der Waals surface area contributed by atoms with Gasteiger partial charge in [0, 0.05) is 23.6 Å². The van der Waals surface area contributed by atoms with E-state index in [2.05, 4.69) is 58.4 Å². The molecule has 2 fully saturated rings. The van der Waals surface area contributed by atoms with Gasteiger partial charge < -0.3 is 20.1 Å². The van der Waals surface area contributed by atoms with E-state index in [0.29, 0.717) is 41.5 Å². The lowest BCUT2D eigenvalue weighted by molar-refractivity contribution is -0.153. The number of alkyl halides is 1. The van der Waals surface area contributed by atoms with E-state index in [-0.39, 0.29) is 53.7 Å². The first-order valence-corrected chi connectivity index (χ1v) is 14.5. The Kier molecular flexibility index (Phi) is 14.1. The molecular formula is C30H51ClN2O5. The maximum atomic E-state index is 11.7. The van der Waals surface area contributed by atoms with Gasteiger partial charge in [0.15, 0.2) is 0 Å². The number of rotatable bonds is 9. The van der Waals surface area contributed by atoms with Crippen molar-refractivity contribution in [3.8, 4) is 0 Å². The molecule has 0 aromatic heterocycles. The molecule has 7 nitrogen and oxygen atoms in total. The third-order valence-electron chi connectivity index (χ3n) is 7.72. The van der Waals surface area contributed by atoms with Crippen molar-refractivity contribution in [2.45, 2.75) is 112 Å². The highest BCUT2D eigenvalue weighted by Crippen LogP contribution is 2.40. The Labute approximate surface area is 235 Å². The van der Waals surface area contributed by atoms with Crippen LogP contribution in [0.2, 0.25) is 0 Å². The molecule has 1 heterocycles. The van der Waals surface area contributed by atoms with Gasteiger partial charge in [0.2, 0.25) is 11.8 Å². The van der Waals surface area contributed by atoms with Gasteiger partial charge in [0.1, 0.15) is 6.10 Å². The van der Waals surface area contributed by atoms with Crippen molar-refractivity contribution in [1.29, 1.82) is 0 Å². The lowest BCUT2D eigenvalue weighted by Gasteiger charge is -2.44. The molecule has 38 heavy (non-hydrogen) atoms. The highest BCUT2D eigenvalue weighted by Gasteiger charge is 2.39. The molecule has 1 saturated heterocycles. The molecule has 218 valence electrons. The fourth-order valence-corrected chi connectivity index (χ4v) is 5.70. The number of esters is 1. The van der Waals surface area contributed by atoms with E-state index in [0.717, 1.165) is 25.7 Å². The van der Waals surface area contributed by atoms with Crippen molar-refractivity contribution in [1.82, 2.24) is 10.6 Å². The summed E-state index contributed by atoms with van der Waals surface area (Å²) >= 11 is 5.56. The Morgan fingerprint density at radius 3 is 2.16 bits per heavy atom. The molecular weight excluding hydrogens is 504 g/mol. The molecule has 1 saturated carbocycles. The largest absolute Gasteiger partial charge is 0.462 e. The van der Waals surface area contributed by atoms with Crippen LogP contribution < -0.4 is 10.6 Å². The zero-order valence-corrected chi connectivity index (χ0v) is 25.6.